The molecule has 0 radical (unpaired) electrons. The number of fused-ring (bicyclic) bond motifs is 4. The number of nitrogens with zero attached hydrogens (tertiary/aromatic N) is 2. The van der Waals surface area contributed by atoms with Gasteiger partial charge in [-0.25, -0.2) is 0 Å². The Labute approximate surface area is 176 Å². The summed E-state index contributed by atoms with van der Waals surface area (Å²) in [4.78, 5) is 19.3. The molecule has 1 aliphatic rings. The van der Waals surface area contributed by atoms with Gasteiger partial charge in [-0.05, 0) is 42.7 Å². The highest BCUT2D eigenvalue weighted by molar-refractivity contribution is 7.18. The second kappa shape index (κ2) is 6.58. The second-order valence-electron chi connectivity index (χ2n) is 7.15. The normalized spacial score (nSPS) is 14.6. The predicted molar refractivity (Wildman–Crippen MR) is 119 cm³/mol. The van der Waals surface area contributed by atoms with Gasteiger partial charge in [-0.15, -0.1) is 11.3 Å². The molecular weight excluding hydrogens is 404 g/mol. The molecule has 0 amide bonds. The summed E-state index contributed by atoms with van der Waals surface area (Å²) in [6.45, 7) is 4.56. The van der Waals surface area contributed by atoms with Gasteiger partial charge in [0.1, 0.15) is 16.4 Å². The van der Waals surface area contributed by atoms with Crippen molar-refractivity contribution in [2.45, 2.75) is 20.4 Å². The van der Waals surface area contributed by atoms with Crippen molar-refractivity contribution in [3.05, 3.63) is 96.9 Å². The molecule has 0 spiro atoms. The Kier molecular flexibility index (Phi) is 4.12. The highest BCUT2D eigenvalue weighted by Crippen LogP contribution is 2.40. The zero-order valence-electron chi connectivity index (χ0n) is 15.9. The van der Waals surface area contributed by atoms with Crippen LogP contribution < -0.4 is 5.56 Å². The van der Waals surface area contributed by atoms with Crippen LogP contribution in [-0.2, 0) is 6.54 Å². The maximum Gasteiger partial charge on any atom is 0.282 e. The first kappa shape index (κ1) is 18.2. The number of aliphatic hydroxyl groups is 1. The quantitative estimate of drug-likeness (QED) is 0.361. The molecule has 6 heteroatoms. The van der Waals surface area contributed by atoms with Crippen molar-refractivity contribution >= 4 is 44.5 Å². The highest BCUT2D eigenvalue weighted by Gasteiger charge is 2.28. The topological polar surface area (TPSA) is 55.1 Å². The lowest BCUT2D eigenvalue weighted by atomic mass is 9.92. The third-order valence-corrected chi connectivity index (χ3v) is 7.05. The lowest BCUT2D eigenvalue weighted by Crippen LogP contribution is -2.23. The highest BCUT2D eigenvalue weighted by atomic mass is 35.5. The van der Waals surface area contributed by atoms with Crippen molar-refractivity contribution in [2.75, 3.05) is 0 Å². The molecule has 0 atom stereocenters. The van der Waals surface area contributed by atoms with Crippen molar-refractivity contribution in [3.63, 3.8) is 0 Å². The molecule has 0 fully saturated rings. The number of aliphatic hydroxyl groups excluding tert-OH is 1. The molecule has 0 saturated carbocycles. The second-order valence-corrected chi connectivity index (χ2v) is 8.76. The number of halogens is 1. The molecule has 0 unspecified atom stereocenters. The molecule has 4 aromatic rings. The van der Waals surface area contributed by atoms with Gasteiger partial charge in [0.15, 0.2) is 0 Å². The van der Waals surface area contributed by atoms with Gasteiger partial charge in [-0.2, -0.15) is 4.98 Å². The Morgan fingerprint density at radius 2 is 1.86 bits per heavy atom. The summed E-state index contributed by atoms with van der Waals surface area (Å²) in [5.74, 6) is 0.493. The van der Waals surface area contributed by atoms with Gasteiger partial charge >= 0.3 is 0 Å². The van der Waals surface area contributed by atoms with E-state index >= 15 is 0 Å². The van der Waals surface area contributed by atoms with Gasteiger partial charge < -0.3 is 9.67 Å². The number of aryl methyl sites for hydroxylation is 2. The van der Waals surface area contributed by atoms with Crippen LogP contribution in [0.4, 0.5) is 0 Å². The minimum atomic E-state index is -0.267. The van der Waals surface area contributed by atoms with Crippen molar-refractivity contribution in [3.8, 4) is 0 Å². The standard InChI is InChI=1S/C23H17ClN2O2S/c1-12-13(2)29-23-18(12)22(28)25-21-19(20(27)16-9-5-6-10-17(16)24)15-8-4-3-7-14(15)11-26(21)23/h3-10,27H,11H2,1-2H3. The predicted octanol–water partition coefficient (Wildman–Crippen LogP) is 5.56. The fourth-order valence-corrected chi connectivity index (χ4v) is 5.29. The minimum absolute atomic E-state index is 0.0211. The van der Waals surface area contributed by atoms with E-state index < -0.39 is 0 Å². The molecule has 0 saturated heterocycles. The third kappa shape index (κ3) is 2.65. The average molecular weight is 421 g/mol. The molecule has 0 aliphatic carbocycles. The maximum absolute atomic E-state index is 12.9. The monoisotopic (exact) mass is 420 g/mol. The average Bonchev–Trinajstić information content (AvgIpc) is 3.02. The molecule has 3 heterocycles. The fourth-order valence-electron chi connectivity index (χ4n) is 3.91. The van der Waals surface area contributed by atoms with E-state index in [1.807, 2.05) is 54.8 Å². The molecular formula is C23H17ClN2O2S. The van der Waals surface area contributed by atoms with E-state index in [2.05, 4.69) is 4.98 Å². The number of aromatic nitrogens is 2. The summed E-state index contributed by atoms with van der Waals surface area (Å²) in [6.07, 6.45) is 0. The number of hydrogen-bond acceptors (Lipinski definition) is 4. The van der Waals surface area contributed by atoms with Crippen molar-refractivity contribution in [1.29, 1.82) is 0 Å². The molecule has 4 nitrogen and oxygen atoms in total. The first-order valence-corrected chi connectivity index (χ1v) is 10.4. The van der Waals surface area contributed by atoms with Crippen molar-refractivity contribution in [1.82, 2.24) is 9.55 Å². The third-order valence-electron chi connectivity index (χ3n) is 5.49. The maximum atomic E-state index is 12.9. The van der Waals surface area contributed by atoms with E-state index in [0.717, 1.165) is 26.4 Å². The van der Waals surface area contributed by atoms with E-state index in [1.54, 1.807) is 23.5 Å². The lowest BCUT2D eigenvalue weighted by Gasteiger charge is -2.25. The van der Waals surface area contributed by atoms with Gasteiger partial charge in [0.25, 0.3) is 5.56 Å². The van der Waals surface area contributed by atoms with E-state index in [9.17, 15) is 9.90 Å². The summed E-state index contributed by atoms with van der Waals surface area (Å²) in [5, 5.41) is 12.4. The van der Waals surface area contributed by atoms with Crippen LogP contribution in [0, 0.1) is 13.8 Å². The van der Waals surface area contributed by atoms with Crippen LogP contribution in [0.3, 0.4) is 0 Å². The SMILES string of the molecule is Cc1sc2c(c1C)c(=O)nc1n2Cc2ccccc2C1=C(O)c1ccccc1Cl. The molecule has 2 aromatic heterocycles. The van der Waals surface area contributed by atoms with Crippen LogP contribution in [0.25, 0.3) is 21.5 Å². The minimum Gasteiger partial charge on any atom is -0.506 e. The summed E-state index contributed by atoms with van der Waals surface area (Å²) < 4.78 is 2.03. The van der Waals surface area contributed by atoms with Gasteiger partial charge in [0.05, 0.1) is 22.5 Å². The zero-order valence-corrected chi connectivity index (χ0v) is 17.4. The van der Waals surface area contributed by atoms with Crippen LogP contribution in [0.15, 0.2) is 53.3 Å². The van der Waals surface area contributed by atoms with E-state index in [4.69, 9.17) is 11.6 Å². The Morgan fingerprint density at radius 1 is 1.14 bits per heavy atom. The fraction of sp³-hybridized carbons (Fsp3) is 0.130. The lowest BCUT2D eigenvalue weighted by molar-refractivity contribution is 0.512. The van der Waals surface area contributed by atoms with E-state index in [-0.39, 0.29) is 11.3 Å². The first-order valence-electron chi connectivity index (χ1n) is 9.24. The van der Waals surface area contributed by atoms with Crippen LogP contribution in [0.1, 0.15) is 33.0 Å². The Bertz CT molecular complexity index is 1400. The molecule has 1 aliphatic heterocycles. The molecule has 144 valence electrons. The molecule has 0 bridgehead atoms. The largest absolute Gasteiger partial charge is 0.506 e. The summed E-state index contributed by atoms with van der Waals surface area (Å²) in [5.41, 5.74) is 3.67. The smallest absolute Gasteiger partial charge is 0.282 e. The summed E-state index contributed by atoms with van der Waals surface area (Å²) in [6, 6.07) is 15.0. The van der Waals surface area contributed by atoms with Gasteiger partial charge in [0, 0.05) is 10.4 Å². The number of benzene rings is 2. The number of thiophene rings is 1. The van der Waals surface area contributed by atoms with Gasteiger partial charge in [-0.3, -0.25) is 4.79 Å². The van der Waals surface area contributed by atoms with Gasteiger partial charge in [-0.1, -0.05) is 48.0 Å². The van der Waals surface area contributed by atoms with Crippen LogP contribution in [0.2, 0.25) is 5.02 Å². The number of hydrogen-bond donors (Lipinski definition) is 1. The molecule has 2 aromatic carbocycles. The summed E-state index contributed by atoms with van der Waals surface area (Å²) >= 11 is 7.95. The van der Waals surface area contributed by atoms with Crippen molar-refractivity contribution < 1.29 is 5.11 Å². The Morgan fingerprint density at radius 3 is 2.66 bits per heavy atom. The van der Waals surface area contributed by atoms with Crippen molar-refractivity contribution in [2.24, 2.45) is 0 Å². The zero-order chi connectivity index (χ0) is 20.3. The first-order chi connectivity index (χ1) is 14.0. The molecule has 1 N–H and O–H groups in total. The van der Waals surface area contributed by atoms with Crippen LogP contribution in [-0.4, -0.2) is 14.7 Å². The van der Waals surface area contributed by atoms with E-state index in [1.165, 1.54) is 0 Å². The van der Waals surface area contributed by atoms with E-state index in [0.29, 0.717) is 33.9 Å². The van der Waals surface area contributed by atoms with Gasteiger partial charge in [0.2, 0.25) is 0 Å². The Balaban J connectivity index is 1.93. The van der Waals surface area contributed by atoms with Crippen LogP contribution in [0.5, 0.6) is 0 Å². The summed E-state index contributed by atoms with van der Waals surface area (Å²) in [7, 11) is 0. The number of rotatable bonds is 1. The molecule has 29 heavy (non-hydrogen) atoms. The molecule has 5 rings (SSSR count). The van der Waals surface area contributed by atoms with Crippen LogP contribution >= 0.6 is 22.9 Å². The Hall–Kier alpha value is -2.89.